The van der Waals surface area contributed by atoms with Crippen molar-refractivity contribution in [1.29, 1.82) is 0 Å². The van der Waals surface area contributed by atoms with Crippen molar-refractivity contribution in [3.05, 3.63) is 60.7 Å². The molecule has 3 aliphatic rings. The predicted molar refractivity (Wildman–Crippen MR) is 143 cm³/mol. The van der Waals surface area contributed by atoms with E-state index in [0.29, 0.717) is 0 Å². The molecule has 9 heteroatoms. The summed E-state index contributed by atoms with van der Waals surface area (Å²) >= 11 is 3.15. The minimum Gasteiger partial charge on any atom is -0.389 e. The molecule has 0 unspecified atom stereocenters. The molecule has 3 aliphatic heterocycles. The summed E-state index contributed by atoms with van der Waals surface area (Å²) in [5, 5.41) is 10.9. The molecule has 1 N–H and O–H groups in total. The third-order valence-electron chi connectivity index (χ3n) is 6.89. The molecular weight excluding hydrogens is 512 g/mol. The van der Waals surface area contributed by atoms with Crippen molar-refractivity contribution in [2.24, 2.45) is 0 Å². The average Bonchev–Trinajstić information content (AvgIpc) is 3.20. The Bertz CT molecular complexity index is 1010. The second kappa shape index (κ2) is 11.5. The third kappa shape index (κ3) is 6.05. The van der Waals surface area contributed by atoms with Gasteiger partial charge in [0.05, 0.1) is 23.6 Å². The number of methoxy groups -OCH3 is 1. The Labute approximate surface area is 227 Å². The zero-order chi connectivity index (χ0) is 26.2. The lowest BCUT2D eigenvalue weighted by Crippen LogP contribution is -2.61. The smallest absolute Gasteiger partial charge is 0.173 e. The van der Waals surface area contributed by atoms with Crippen LogP contribution in [0.15, 0.2) is 70.5 Å². The lowest BCUT2D eigenvalue weighted by atomic mass is 9.99. The molecule has 0 spiro atoms. The van der Waals surface area contributed by atoms with Crippen LogP contribution in [0.5, 0.6) is 0 Å². The van der Waals surface area contributed by atoms with Gasteiger partial charge in [-0.25, -0.2) is 0 Å². The molecule has 0 aromatic heterocycles. The van der Waals surface area contributed by atoms with Crippen LogP contribution in [0.3, 0.4) is 0 Å². The minimum absolute atomic E-state index is 0.256. The van der Waals surface area contributed by atoms with Gasteiger partial charge in [-0.15, -0.1) is 11.8 Å². The number of thioether (sulfide) groups is 2. The number of fused-ring (bicyclic) bond motifs is 1. The first-order valence-electron chi connectivity index (χ1n) is 12.7. The minimum atomic E-state index is -0.793. The molecule has 0 bridgehead atoms. The lowest BCUT2D eigenvalue weighted by Gasteiger charge is -2.47. The number of ether oxygens (including phenoxy) is 6. The number of hydrogen-bond donors (Lipinski definition) is 1. The van der Waals surface area contributed by atoms with Gasteiger partial charge in [0, 0.05) is 16.9 Å². The van der Waals surface area contributed by atoms with Gasteiger partial charge >= 0.3 is 0 Å². The first kappa shape index (κ1) is 27.4. The fraction of sp³-hybridized carbons (Fsp3) is 0.571. The maximum absolute atomic E-state index is 11.3. The number of aliphatic hydroxyl groups excluding tert-OH is 1. The summed E-state index contributed by atoms with van der Waals surface area (Å²) in [6, 6.07) is 20.1. The van der Waals surface area contributed by atoms with Crippen LogP contribution in [0.25, 0.3) is 0 Å². The van der Waals surface area contributed by atoms with Crippen molar-refractivity contribution in [1.82, 2.24) is 0 Å². The van der Waals surface area contributed by atoms with E-state index < -0.39 is 35.6 Å². The summed E-state index contributed by atoms with van der Waals surface area (Å²) in [6.07, 6.45) is -3.77. The van der Waals surface area contributed by atoms with Gasteiger partial charge in [0.2, 0.25) is 0 Å². The molecule has 0 saturated carbocycles. The Kier molecular flexibility index (Phi) is 8.55. The van der Waals surface area contributed by atoms with Gasteiger partial charge in [0.25, 0.3) is 0 Å². The van der Waals surface area contributed by atoms with Crippen molar-refractivity contribution < 1.29 is 33.5 Å². The number of benzene rings is 2. The summed E-state index contributed by atoms with van der Waals surface area (Å²) in [5.74, 6) is -0.778. The van der Waals surface area contributed by atoms with Crippen LogP contribution < -0.4 is 0 Å². The van der Waals surface area contributed by atoms with Gasteiger partial charge < -0.3 is 33.5 Å². The molecule has 2 aromatic rings. The first-order chi connectivity index (χ1) is 17.8. The van der Waals surface area contributed by atoms with Crippen molar-refractivity contribution in [3.63, 3.8) is 0 Å². The predicted octanol–water partition coefficient (Wildman–Crippen LogP) is 4.71. The summed E-state index contributed by atoms with van der Waals surface area (Å²) in [5.41, 5.74) is -0.256. The average molecular weight is 549 g/mol. The number of rotatable bonds is 7. The standard InChI is InChI=1S/C28H36O7S2/c1-16-21(30-5)20(29)25(36-18-12-8-6-9-13-18)26(31-16)33-22-17(2)32-27(37-19-14-10-7-11-15-19)24-23(22)34-28(3,4)35-24/h6-17,20-27,29H,1-5H3/t16-,17-,20+,21-,22-,23+,24+,25-,26+,27-/m0/s1. The highest BCUT2D eigenvalue weighted by Crippen LogP contribution is 2.45. The van der Waals surface area contributed by atoms with Crippen LogP contribution in [-0.2, 0) is 28.4 Å². The second-order valence-electron chi connectivity index (χ2n) is 10.1. The molecule has 3 saturated heterocycles. The molecule has 5 rings (SSSR count). The van der Waals surface area contributed by atoms with Gasteiger partial charge in [0.15, 0.2) is 12.1 Å². The van der Waals surface area contributed by atoms with Gasteiger partial charge in [0.1, 0.15) is 29.9 Å². The second-order valence-corrected chi connectivity index (χ2v) is 12.5. The largest absolute Gasteiger partial charge is 0.389 e. The van der Waals surface area contributed by atoms with Crippen LogP contribution in [0, 0.1) is 0 Å². The van der Waals surface area contributed by atoms with Crippen molar-refractivity contribution in [2.45, 2.75) is 103 Å². The van der Waals surface area contributed by atoms with E-state index >= 15 is 0 Å². The highest BCUT2D eigenvalue weighted by atomic mass is 32.2. The lowest BCUT2D eigenvalue weighted by molar-refractivity contribution is -0.291. The van der Waals surface area contributed by atoms with Gasteiger partial charge in [-0.1, -0.05) is 48.2 Å². The third-order valence-corrected chi connectivity index (χ3v) is 9.37. The van der Waals surface area contributed by atoms with Crippen LogP contribution in [0.1, 0.15) is 27.7 Å². The fourth-order valence-corrected chi connectivity index (χ4v) is 7.52. The Balaban J connectivity index is 1.38. The summed E-state index contributed by atoms with van der Waals surface area (Å²) in [6.45, 7) is 7.72. The Morgan fingerprint density at radius 2 is 1.35 bits per heavy atom. The number of aliphatic hydroxyl groups is 1. The van der Waals surface area contributed by atoms with Crippen molar-refractivity contribution in [3.8, 4) is 0 Å². The summed E-state index contributed by atoms with van der Waals surface area (Å²) in [7, 11) is 1.59. The van der Waals surface area contributed by atoms with Crippen LogP contribution in [0.2, 0.25) is 0 Å². The van der Waals surface area contributed by atoms with Crippen LogP contribution >= 0.6 is 23.5 Å². The molecule has 7 nitrogen and oxygen atoms in total. The van der Waals surface area contributed by atoms with E-state index in [1.807, 2.05) is 76.2 Å². The van der Waals surface area contributed by atoms with Gasteiger partial charge in [-0.3, -0.25) is 0 Å². The molecule has 0 amide bonds. The maximum Gasteiger partial charge on any atom is 0.173 e. The highest BCUT2D eigenvalue weighted by Gasteiger charge is 2.57. The van der Waals surface area contributed by atoms with Crippen molar-refractivity contribution in [2.75, 3.05) is 7.11 Å². The van der Waals surface area contributed by atoms with Crippen molar-refractivity contribution >= 4 is 23.5 Å². The fourth-order valence-electron chi connectivity index (χ4n) is 5.20. The molecule has 10 atom stereocenters. The Hall–Kier alpha value is -1.14. The van der Waals surface area contributed by atoms with E-state index in [9.17, 15) is 5.11 Å². The summed E-state index contributed by atoms with van der Waals surface area (Å²) in [4.78, 5) is 2.11. The van der Waals surface area contributed by atoms with E-state index in [4.69, 9.17) is 28.4 Å². The molecule has 202 valence electrons. The van der Waals surface area contributed by atoms with Crippen LogP contribution in [0.4, 0.5) is 0 Å². The summed E-state index contributed by atoms with van der Waals surface area (Å²) < 4.78 is 37.8. The monoisotopic (exact) mass is 548 g/mol. The molecular formula is C28H36O7S2. The molecule has 3 fully saturated rings. The van der Waals surface area contributed by atoms with Gasteiger partial charge in [-0.05, 0) is 52.0 Å². The topological polar surface area (TPSA) is 75.6 Å². The van der Waals surface area contributed by atoms with Gasteiger partial charge in [-0.2, -0.15) is 0 Å². The SMILES string of the molecule is CO[C@@H]1[C@@H](O)[C@H](Sc2ccccc2)[C@@H](O[C@@H]2[C@H]3OC(C)(C)O[C@H]3[C@H](Sc3ccccc3)O[C@H]2C)O[C@H]1C. The molecule has 0 radical (unpaired) electrons. The maximum atomic E-state index is 11.3. The number of hydrogen-bond acceptors (Lipinski definition) is 9. The van der Waals surface area contributed by atoms with E-state index in [1.165, 1.54) is 11.8 Å². The Morgan fingerprint density at radius 1 is 0.784 bits per heavy atom. The molecule has 37 heavy (non-hydrogen) atoms. The zero-order valence-corrected chi connectivity index (χ0v) is 23.4. The first-order valence-corrected chi connectivity index (χ1v) is 14.5. The molecule has 0 aliphatic carbocycles. The van der Waals surface area contributed by atoms with Crippen LogP contribution in [-0.4, -0.2) is 77.7 Å². The quantitative estimate of drug-likeness (QED) is 0.529. The van der Waals surface area contributed by atoms with E-state index in [1.54, 1.807) is 18.9 Å². The zero-order valence-electron chi connectivity index (χ0n) is 21.8. The van der Waals surface area contributed by atoms with E-state index in [-0.39, 0.29) is 29.9 Å². The van der Waals surface area contributed by atoms with E-state index in [2.05, 4.69) is 12.1 Å². The van der Waals surface area contributed by atoms with E-state index in [0.717, 1.165) is 9.79 Å². The molecule has 3 heterocycles. The normalized spacial score (nSPS) is 39.3. The molecule has 2 aromatic carbocycles. The Morgan fingerprint density at radius 3 is 1.97 bits per heavy atom. The highest BCUT2D eigenvalue weighted by molar-refractivity contribution is 8.00.